The molecule has 1 N–H and O–H groups in total. The van der Waals surface area contributed by atoms with Gasteiger partial charge in [-0.2, -0.15) is 5.10 Å². The lowest BCUT2D eigenvalue weighted by Gasteiger charge is -2.05. The van der Waals surface area contributed by atoms with Crippen molar-refractivity contribution in [2.24, 2.45) is 0 Å². The number of hydrogen-bond acceptors (Lipinski definition) is 3. The molecule has 0 saturated heterocycles. The zero-order valence-corrected chi connectivity index (χ0v) is 14.1. The standard InChI is InChI=1S/C21H14FN3O2/c22-19-7-6-15(12-17(19)21(26)27)18-13-25(16-4-2-1-3-5-16)24-20(18)14-8-10-23-11-9-14/h1-13H,(H,26,27). The minimum Gasteiger partial charge on any atom is -0.478 e. The Balaban J connectivity index is 1.93. The highest BCUT2D eigenvalue weighted by Gasteiger charge is 2.17. The number of rotatable bonds is 4. The molecule has 0 unspecified atom stereocenters. The molecule has 5 nitrogen and oxygen atoms in total. The largest absolute Gasteiger partial charge is 0.478 e. The number of carboxylic acids is 1. The molecule has 132 valence electrons. The average Bonchev–Trinajstić information content (AvgIpc) is 3.15. The molecule has 27 heavy (non-hydrogen) atoms. The second-order valence-electron chi connectivity index (χ2n) is 5.91. The molecule has 0 bridgehead atoms. The number of aromatic nitrogens is 3. The molecule has 0 aliphatic carbocycles. The molecular weight excluding hydrogens is 345 g/mol. The average molecular weight is 359 g/mol. The summed E-state index contributed by atoms with van der Waals surface area (Å²) in [4.78, 5) is 15.3. The Hall–Kier alpha value is -3.80. The first kappa shape index (κ1) is 16.7. The summed E-state index contributed by atoms with van der Waals surface area (Å²) < 4.78 is 15.5. The lowest BCUT2D eigenvalue weighted by molar-refractivity contribution is 0.0692. The molecule has 2 aromatic carbocycles. The lowest BCUT2D eigenvalue weighted by atomic mass is 10.0. The molecule has 2 aromatic heterocycles. The highest BCUT2D eigenvalue weighted by molar-refractivity contribution is 5.91. The van der Waals surface area contributed by atoms with Crippen LogP contribution in [-0.4, -0.2) is 25.8 Å². The van der Waals surface area contributed by atoms with E-state index < -0.39 is 11.8 Å². The maximum atomic E-state index is 13.8. The van der Waals surface area contributed by atoms with Crippen LogP contribution in [0.3, 0.4) is 0 Å². The van der Waals surface area contributed by atoms with Gasteiger partial charge in [0.1, 0.15) is 11.5 Å². The van der Waals surface area contributed by atoms with E-state index in [0.29, 0.717) is 16.8 Å². The Morgan fingerprint density at radius 2 is 1.70 bits per heavy atom. The van der Waals surface area contributed by atoms with Crippen LogP contribution in [0.5, 0.6) is 0 Å². The fourth-order valence-electron chi connectivity index (χ4n) is 2.88. The highest BCUT2D eigenvalue weighted by Crippen LogP contribution is 2.32. The summed E-state index contributed by atoms with van der Waals surface area (Å²) in [6.45, 7) is 0. The zero-order valence-electron chi connectivity index (χ0n) is 14.1. The number of pyridine rings is 1. The van der Waals surface area contributed by atoms with Crippen LogP contribution >= 0.6 is 0 Å². The summed E-state index contributed by atoms with van der Waals surface area (Å²) in [5, 5.41) is 13.9. The third kappa shape index (κ3) is 3.20. The van der Waals surface area contributed by atoms with Crippen molar-refractivity contribution in [2.45, 2.75) is 0 Å². The third-order valence-corrected chi connectivity index (χ3v) is 4.20. The van der Waals surface area contributed by atoms with Crippen molar-refractivity contribution in [3.63, 3.8) is 0 Å². The van der Waals surface area contributed by atoms with Crippen LogP contribution in [0.1, 0.15) is 10.4 Å². The van der Waals surface area contributed by atoms with Crippen LogP contribution in [0.2, 0.25) is 0 Å². The van der Waals surface area contributed by atoms with Gasteiger partial charge >= 0.3 is 5.97 Å². The molecule has 0 atom stereocenters. The van der Waals surface area contributed by atoms with Crippen molar-refractivity contribution >= 4 is 5.97 Å². The monoisotopic (exact) mass is 359 g/mol. The fraction of sp³-hybridized carbons (Fsp3) is 0. The molecule has 0 aliphatic heterocycles. The van der Waals surface area contributed by atoms with Crippen LogP contribution in [0.25, 0.3) is 28.1 Å². The molecular formula is C21H14FN3O2. The summed E-state index contributed by atoms with van der Waals surface area (Å²) in [5.41, 5.74) is 3.25. The van der Waals surface area contributed by atoms with Gasteiger partial charge in [0.25, 0.3) is 0 Å². The van der Waals surface area contributed by atoms with E-state index in [0.717, 1.165) is 17.3 Å². The molecule has 0 spiro atoms. The Bertz CT molecular complexity index is 1110. The molecule has 0 fully saturated rings. The maximum absolute atomic E-state index is 13.8. The van der Waals surface area contributed by atoms with Crippen LogP contribution in [-0.2, 0) is 0 Å². The molecule has 4 rings (SSSR count). The number of benzene rings is 2. The molecule has 0 saturated carbocycles. The van der Waals surface area contributed by atoms with E-state index in [2.05, 4.69) is 10.1 Å². The molecule has 0 amide bonds. The third-order valence-electron chi connectivity index (χ3n) is 4.20. The van der Waals surface area contributed by atoms with Gasteiger partial charge in [0.2, 0.25) is 0 Å². The molecule has 0 aliphatic rings. The second kappa shape index (κ2) is 6.84. The van der Waals surface area contributed by atoms with E-state index >= 15 is 0 Å². The quantitative estimate of drug-likeness (QED) is 0.585. The normalized spacial score (nSPS) is 10.7. The number of para-hydroxylation sites is 1. The highest BCUT2D eigenvalue weighted by atomic mass is 19.1. The van der Waals surface area contributed by atoms with Gasteiger partial charge in [-0.1, -0.05) is 24.3 Å². The van der Waals surface area contributed by atoms with Crippen LogP contribution in [0.4, 0.5) is 4.39 Å². The SMILES string of the molecule is O=C(O)c1cc(-c2cn(-c3ccccc3)nc2-c2ccncc2)ccc1F. The van der Waals surface area contributed by atoms with Crippen molar-refractivity contribution in [3.05, 3.63) is 90.6 Å². The van der Waals surface area contributed by atoms with Gasteiger partial charge < -0.3 is 5.11 Å². The lowest BCUT2D eigenvalue weighted by Crippen LogP contribution is -2.00. The minimum atomic E-state index is -1.31. The summed E-state index contributed by atoms with van der Waals surface area (Å²) in [5.74, 6) is -2.08. The zero-order chi connectivity index (χ0) is 18.8. The first-order valence-electron chi connectivity index (χ1n) is 8.22. The first-order valence-corrected chi connectivity index (χ1v) is 8.22. The fourth-order valence-corrected chi connectivity index (χ4v) is 2.88. The van der Waals surface area contributed by atoms with Gasteiger partial charge in [0.15, 0.2) is 0 Å². The summed E-state index contributed by atoms with van der Waals surface area (Å²) in [6, 6.07) is 17.2. The molecule has 4 aromatic rings. The van der Waals surface area contributed by atoms with E-state index in [-0.39, 0.29) is 5.56 Å². The van der Waals surface area contributed by atoms with E-state index in [9.17, 15) is 14.3 Å². The van der Waals surface area contributed by atoms with Crippen molar-refractivity contribution in [3.8, 4) is 28.1 Å². The Labute approximate surface area is 154 Å². The predicted octanol–water partition coefficient (Wildman–Crippen LogP) is 4.44. The first-order chi connectivity index (χ1) is 13.1. The summed E-state index contributed by atoms with van der Waals surface area (Å²) >= 11 is 0. The molecule has 6 heteroatoms. The van der Waals surface area contributed by atoms with Crippen LogP contribution in [0, 0.1) is 5.82 Å². The topological polar surface area (TPSA) is 68.0 Å². The van der Waals surface area contributed by atoms with E-state index in [1.54, 1.807) is 23.1 Å². The van der Waals surface area contributed by atoms with Crippen molar-refractivity contribution in [1.29, 1.82) is 0 Å². The Morgan fingerprint density at radius 1 is 0.963 bits per heavy atom. The minimum absolute atomic E-state index is 0.374. The Morgan fingerprint density at radius 3 is 2.41 bits per heavy atom. The second-order valence-corrected chi connectivity index (χ2v) is 5.91. The number of hydrogen-bond donors (Lipinski definition) is 1. The van der Waals surface area contributed by atoms with Crippen LogP contribution < -0.4 is 0 Å². The predicted molar refractivity (Wildman–Crippen MR) is 99.1 cm³/mol. The van der Waals surface area contributed by atoms with E-state index in [1.807, 2.05) is 48.7 Å². The number of nitrogens with zero attached hydrogens (tertiary/aromatic N) is 3. The van der Waals surface area contributed by atoms with Gasteiger partial charge in [0, 0.05) is 29.7 Å². The number of aromatic carboxylic acids is 1. The van der Waals surface area contributed by atoms with Gasteiger partial charge in [-0.3, -0.25) is 4.98 Å². The van der Waals surface area contributed by atoms with Crippen molar-refractivity contribution in [1.82, 2.24) is 14.8 Å². The van der Waals surface area contributed by atoms with Gasteiger partial charge in [0.05, 0.1) is 11.3 Å². The molecule has 0 radical (unpaired) electrons. The number of carbonyl (C=O) groups is 1. The van der Waals surface area contributed by atoms with Gasteiger partial charge in [-0.25, -0.2) is 13.9 Å². The smallest absolute Gasteiger partial charge is 0.338 e. The van der Waals surface area contributed by atoms with Gasteiger partial charge in [-0.05, 0) is 42.0 Å². The summed E-state index contributed by atoms with van der Waals surface area (Å²) in [7, 11) is 0. The van der Waals surface area contributed by atoms with Gasteiger partial charge in [-0.15, -0.1) is 0 Å². The van der Waals surface area contributed by atoms with Crippen molar-refractivity contribution < 1.29 is 14.3 Å². The summed E-state index contributed by atoms with van der Waals surface area (Å²) in [6.07, 6.45) is 5.13. The van der Waals surface area contributed by atoms with Crippen molar-refractivity contribution in [2.75, 3.05) is 0 Å². The Kier molecular flexibility index (Phi) is 4.22. The number of halogens is 1. The maximum Gasteiger partial charge on any atom is 0.338 e. The van der Waals surface area contributed by atoms with E-state index in [1.165, 1.54) is 6.07 Å². The van der Waals surface area contributed by atoms with E-state index in [4.69, 9.17) is 0 Å². The number of carboxylic acid groups (broad SMARTS) is 1. The van der Waals surface area contributed by atoms with Crippen LogP contribution in [0.15, 0.2) is 79.3 Å². The molecule has 2 heterocycles.